The molecule has 29 heavy (non-hydrogen) atoms. The molecule has 0 spiro atoms. The summed E-state index contributed by atoms with van der Waals surface area (Å²) in [6.45, 7) is 3.82. The predicted molar refractivity (Wildman–Crippen MR) is 104 cm³/mol. The highest BCUT2D eigenvalue weighted by molar-refractivity contribution is 5.43. The van der Waals surface area contributed by atoms with E-state index in [0.29, 0.717) is 11.3 Å². The second-order valence-electron chi connectivity index (χ2n) is 6.84. The van der Waals surface area contributed by atoms with Crippen molar-refractivity contribution in [2.75, 3.05) is 0 Å². The maximum Gasteiger partial charge on any atom is 0.416 e. The van der Waals surface area contributed by atoms with Gasteiger partial charge in [0.1, 0.15) is 18.0 Å². The van der Waals surface area contributed by atoms with Crippen LogP contribution in [0.4, 0.5) is 13.2 Å². The molecule has 0 amide bonds. The molecule has 0 saturated heterocycles. The minimum Gasteiger partial charge on any atom is -0.487 e. The quantitative estimate of drug-likeness (QED) is 0.582. The molecule has 0 saturated carbocycles. The molecule has 0 fully saturated rings. The summed E-state index contributed by atoms with van der Waals surface area (Å²) in [6, 6.07) is 17.2. The Morgan fingerprint density at radius 1 is 0.897 bits per heavy atom. The smallest absolute Gasteiger partial charge is 0.416 e. The van der Waals surface area contributed by atoms with Crippen LogP contribution < -0.4 is 4.74 Å². The fraction of sp³-hybridized carbons (Fsp3) is 0.261. The van der Waals surface area contributed by atoms with Crippen LogP contribution in [0.3, 0.4) is 0 Å². The molecule has 3 rings (SSSR count). The van der Waals surface area contributed by atoms with E-state index >= 15 is 0 Å². The highest BCUT2D eigenvalue weighted by Crippen LogP contribution is 2.41. The third-order valence-electron chi connectivity index (χ3n) is 4.85. The van der Waals surface area contributed by atoms with Gasteiger partial charge >= 0.3 is 6.18 Å². The number of aryl methyl sites for hydroxylation is 1. The second-order valence-corrected chi connectivity index (χ2v) is 6.84. The van der Waals surface area contributed by atoms with Crippen molar-refractivity contribution in [1.29, 1.82) is 0 Å². The molecule has 2 aromatic carbocycles. The van der Waals surface area contributed by atoms with Gasteiger partial charge in [-0.25, -0.2) is 0 Å². The lowest BCUT2D eigenvalue weighted by Crippen LogP contribution is -2.29. The number of rotatable bonds is 6. The van der Waals surface area contributed by atoms with Gasteiger partial charge in [-0.3, -0.25) is 4.98 Å². The molecule has 0 radical (unpaired) electrons. The number of hydrogen-bond acceptors (Lipinski definition) is 3. The van der Waals surface area contributed by atoms with Crippen LogP contribution in [0.2, 0.25) is 0 Å². The topological polar surface area (TPSA) is 42.4 Å². The van der Waals surface area contributed by atoms with Crippen LogP contribution in [0.15, 0.2) is 66.7 Å². The number of aromatic nitrogens is 1. The van der Waals surface area contributed by atoms with E-state index in [4.69, 9.17) is 4.74 Å². The van der Waals surface area contributed by atoms with Gasteiger partial charge in [-0.2, -0.15) is 13.2 Å². The Labute approximate surface area is 167 Å². The molecule has 1 aromatic heterocycles. The van der Waals surface area contributed by atoms with E-state index in [-0.39, 0.29) is 18.6 Å². The van der Waals surface area contributed by atoms with Crippen molar-refractivity contribution in [2.24, 2.45) is 0 Å². The zero-order valence-corrected chi connectivity index (χ0v) is 16.2. The molecule has 1 heterocycles. The molecule has 3 nitrogen and oxygen atoms in total. The summed E-state index contributed by atoms with van der Waals surface area (Å²) in [5.41, 5.74) is -0.723. The highest BCUT2D eigenvalue weighted by Gasteiger charge is 2.40. The van der Waals surface area contributed by atoms with Crippen LogP contribution in [-0.2, 0) is 18.4 Å². The van der Waals surface area contributed by atoms with E-state index in [1.54, 1.807) is 31.2 Å². The van der Waals surface area contributed by atoms with Crippen LogP contribution in [0.1, 0.15) is 41.4 Å². The summed E-state index contributed by atoms with van der Waals surface area (Å²) in [6.07, 6.45) is -4.46. The highest BCUT2D eigenvalue weighted by atomic mass is 19.4. The summed E-state index contributed by atoms with van der Waals surface area (Å²) in [4.78, 5) is 4.36. The van der Waals surface area contributed by atoms with Gasteiger partial charge in [0, 0.05) is 11.3 Å². The van der Waals surface area contributed by atoms with Gasteiger partial charge in [-0.05, 0) is 49.2 Å². The van der Waals surface area contributed by atoms with Crippen LogP contribution in [0.25, 0.3) is 0 Å². The number of nitrogens with zero attached hydrogens (tertiary/aromatic N) is 1. The third kappa shape index (κ3) is 4.59. The first-order valence-electron chi connectivity index (χ1n) is 9.29. The van der Waals surface area contributed by atoms with Gasteiger partial charge in [0.25, 0.3) is 0 Å². The van der Waals surface area contributed by atoms with Gasteiger partial charge in [0.2, 0.25) is 0 Å². The Balaban J connectivity index is 1.86. The van der Waals surface area contributed by atoms with E-state index in [1.165, 1.54) is 18.2 Å². The second kappa shape index (κ2) is 8.25. The minimum absolute atomic E-state index is 0.0908. The van der Waals surface area contributed by atoms with Gasteiger partial charge in [-0.15, -0.1) is 0 Å². The van der Waals surface area contributed by atoms with Crippen molar-refractivity contribution in [2.45, 2.75) is 38.7 Å². The Hall–Kier alpha value is -2.86. The maximum absolute atomic E-state index is 13.4. The number of ether oxygens (including phenoxy) is 1. The van der Waals surface area contributed by atoms with Crippen LogP contribution in [0, 0.1) is 6.92 Å². The minimum atomic E-state index is -4.55. The molecular formula is C23H22F3NO2. The first-order valence-corrected chi connectivity index (χ1v) is 9.29. The van der Waals surface area contributed by atoms with E-state index in [1.807, 2.05) is 25.1 Å². The lowest BCUT2D eigenvalue weighted by molar-refractivity contribution is -0.140. The number of hydrogen-bond donors (Lipinski definition) is 1. The Bertz CT molecular complexity index is 970. The van der Waals surface area contributed by atoms with Crippen molar-refractivity contribution >= 4 is 0 Å². The van der Waals surface area contributed by atoms with Gasteiger partial charge < -0.3 is 9.84 Å². The molecular weight excluding hydrogens is 379 g/mol. The zero-order chi connectivity index (χ0) is 21.1. The molecule has 0 aliphatic rings. The van der Waals surface area contributed by atoms with E-state index in [0.717, 1.165) is 17.5 Å². The Kier molecular flexibility index (Phi) is 5.94. The van der Waals surface area contributed by atoms with Gasteiger partial charge in [0.05, 0.1) is 11.3 Å². The Morgan fingerprint density at radius 2 is 1.55 bits per heavy atom. The lowest BCUT2D eigenvalue weighted by Gasteiger charge is -2.30. The average Bonchev–Trinajstić information content (AvgIpc) is 2.71. The number of benzene rings is 2. The largest absolute Gasteiger partial charge is 0.487 e. The number of halogens is 3. The van der Waals surface area contributed by atoms with Gasteiger partial charge in [0.15, 0.2) is 0 Å². The first-order chi connectivity index (χ1) is 13.7. The van der Waals surface area contributed by atoms with Crippen LogP contribution in [-0.4, -0.2) is 10.1 Å². The van der Waals surface area contributed by atoms with E-state index in [9.17, 15) is 18.3 Å². The first kappa shape index (κ1) is 20.9. The summed E-state index contributed by atoms with van der Waals surface area (Å²) in [7, 11) is 0. The third-order valence-corrected chi connectivity index (χ3v) is 4.85. The van der Waals surface area contributed by atoms with Crippen molar-refractivity contribution < 1.29 is 23.0 Å². The molecule has 152 valence electrons. The molecule has 6 heteroatoms. The SMILES string of the molecule is CCC(O)(c1ccc(OCc2cccc(C)n2)cc1)c1ccccc1C(F)(F)F. The van der Waals surface area contributed by atoms with Crippen molar-refractivity contribution in [3.8, 4) is 5.75 Å². The molecule has 1 atom stereocenters. The molecule has 3 aromatic rings. The van der Waals surface area contributed by atoms with E-state index < -0.39 is 17.3 Å². The average molecular weight is 401 g/mol. The summed E-state index contributed by atoms with van der Waals surface area (Å²) in [5.74, 6) is 0.541. The fourth-order valence-corrected chi connectivity index (χ4v) is 3.31. The zero-order valence-electron chi connectivity index (χ0n) is 16.2. The van der Waals surface area contributed by atoms with E-state index in [2.05, 4.69) is 4.98 Å². The number of aliphatic hydroxyl groups is 1. The van der Waals surface area contributed by atoms with Gasteiger partial charge in [-0.1, -0.05) is 43.3 Å². The standard InChI is InChI=1S/C23H22F3NO2/c1-3-22(28,20-9-4-5-10-21(20)23(24,25)26)17-11-13-19(14-12-17)29-15-18-8-6-7-16(2)27-18/h4-14,28H,3,15H2,1-2H3. The molecule has 1 N–H and O–H groups in total. The lowest BCUT2D eigenvalue weighted by atomic mass is 9.81. The molecule has 0 aliphatic carbocycles. The summed E-state index contributed by atoms with van der Waals surface area (Å²) >= 11 is 0. The normalized spacial score (nSPS) is 13.7. The number of alkyl halides is 3. The maximum atomic E-state index is 13.4. The van der Waals surface area contributed by atoms with Crippen LogP contribution in [0.5, 0.6) is 5.75 Å². The summed E-state index contributed by atoms with van der Waals surface area (Å²) in [5, 5.41) is 11.2. The van der Waals surface area contributed by atoms with Crippen LogP contribution >= 0.6 is 0 Å². The predicted octanol–water partition coefficient (Wildman–Crippen LogP) is 5.63. The van der Waals surface area contributed by atoms with Crippen molar-refractivity contribution in [3.05, 3.63) is 94.8 Å². The number of pyridine rings is 1. The molecule has 1 unspecified atom stereocenters. The van der Waals surface area contributed by atoms with Crippen molar-refractivity contribution in [1.82, 2.24) is 4.98 Å². The monoisotopic (exact) mass is 401 g/mol. The molecule has 0 aliphatic heterocycles. The van der Waals surface area contributed by atoms with Crippen molar-refractivity contribution in [3.63, 3.8) is 0 Å². The molecule has 0 bridgehead atoms. The fourth-order valence-electron chi connectivity index (χ4n) is 3.31. The Morgan fingerprint density at radius 3 is 2.14 bits per heavy atom. The summed E-state index contributed by atoms with van der Waals surface area (Å²) < 4.78 is 46.1.